The van der Waals surface area contributed by atoms with Crippen molar-refractivity contribution in [2.24, 2.45) is 5.73 Å². The van der Waals surface area contributed by atoms with Crippen LogP contribution in [0.3, 0.4) is 0 Å². The highest BCUT2D eigenvalue weighted by atomic mass is 19.1. The maximum atomic E-state index is 13.5. The summed E-state index contributed by atoms with van der Waals surface area (Å²) in [5.74, 6) is -0.933. The Labute approximate surface area is 212 Å². The first-order valence-corrected chi connectivity index (χ1v) is 11.9. The van der Waals surface area contributed by atoms with Gasteiger partial charge in [0.2, 0.25) is 0 Å². The molecular formula is C30H23FN4O2. The fourth-order valence-corrected chi connectivity index (χ4v) is 5.05. The lowest BCUT2D eigenvalue weighted by molar-refractivity contribution is 0.0982. The van der Waals surface area contributed by atoms with Crippen molar-refractivity contribution >= 4 is 34.1 Å². The molecule has 5 aromatic rings. The Morgan fingerprint density at radius 2 is 1.68 bits per heavy atom. The van der Waals surface area contributed by atoms with Crippen molar-refractivity contribution in [3.8, 4) is 22.4 Å². The number of carbonyl (C=O) groups is 2. The number of primary amides is 1. The van der Waals surface area contributed by atoms with E-state index >= 15 is 0 Å². The number of nitrogens with one attached hydrogen (secondary N) is 2. The van der Waals surface area contributed by atoms with Crippen LogP contribution in [-0.2, 0) is 0 Å². The molecule has 0 spiro atoms. The molecule has 0 unspecified atom stereocenters. The molecule has 0 bridgehead atoms. The van der Waals surface area contributed by atoms with Gasteiger partial charge in [0.05, 0.1) is 23.3 Å². The van der Waals surface area contributed by atoms with Gasteiger partial charge < -0.3 is 16.0 Å². The predicted octanol–water partition coefficient (Wildman–Crippen LogP) is 6.08. The van der Waals surface area contributed by atoms with Gasteiger partial charge in [0.15, 0.2) is 0 Å². The molecule has 0 fully saturated rings. The third kappa shape index (κ3) is 3.72. The van der Waals surface area contributed by atoms with Crippen LogP contribution in [0.4, 0.5) is 15.8 Å². The number of rotatable bonds is 4. The van der Waals surface area contributed by atoms with E-state index in [1.807, 2.05) is 61.5 Å². The highest BCUT2D eigenvalue weighted by Gasteiger charge is 2.27. The second-order valence-corrected chi connectivity index (χ2v) is 9.07. The number of para-hydroxylation sites is 1. The van der Waals surface area contributed by atoms with E-state index in [2.05, 4.69) is 10.3 Å². The van der Waals surface area contributed by atoms with Crippen LogP contribution in [0.1, 0.15) is 26.3 Å². The lowest BCUT2D eigenvalue weighted by Gasteiger charge is -2.31. The zero-order valence-electron chi connectivity index (χ0n) is 20.0. The van der Waals surface area contributed by atoms with E-state index in [-0.39, 0.29) is 11.7 Å². The van der Waals surface area contributed by atoms with Crippen LogP contribution < -0.4 is 16.0 Å². The number of aromatic nitrogens is 1. The molecule has 0 atom stereocenters. The number of benzene rings is 4. The van der Waals surface area contributed by atoms with Crippen LogP contribution in [-0.4, -0.2) is 23.5 Å². The molecule has 6 nitrogen and oxygen atoms in total. The molecular weight excluding hydrogens is 467 g/mol. The smallest absolute Gasteiger partial charge is 0.261 e. The predicted molar refractivity (Wildman–Crippen MR) is 144 cm³/mol. The minimum absolute atomic E-state index is 0.0657. The summed E-state index contributed by atoms with van der Waals surface area (Å²) in [6.07, 6.45) is 0. The van der Waals surface area contributed by atoms with Crippen LogP contribution in [0.2, 0.25) is 0 Å². The van der Waals surface area contributed by atoms with Gasteiger partial charge in [-0.2, -0.15) is 0 Å². The van der Waals surface area contributed by atoms with Gasteiger partial charge in [-0.05, 0) is 83.8 Å². The highest BCUT2D eigenvalue weighted by molar-refractivity contribution is 6.13. The normalized spacial score (nSPS) is 12.9. The van der Waals surface area contributed by atoms with Gasteiger partial charge in [-0.15, -0.1) is 0 Å². The van der Waals surface area contributed by atoms with Gasteiger partial charge in [-0.3, -0.25) is 14.5 Å². The third-order valence-corrected chi connectivity index (χ3v) is 6.93. The average molecular weight is 491 g/mol. The Balaban J connectivity index is 1.50. The molecule has 0 saturated heterocycles. The van der Waals surface area contributed by atoms with E-state index in [9.17, 15) is 14.0 Å². The first-order chi connectivity index (χ1) is 17.9. The zero-order valence-corrected chi connectivity index (χ0v) is 20.0. The summed E-state index contributed by atoms with van der Waals surface area (Å²) in [7, 11) is 0. The second-order valence-electron chi connectivity index (χ2n) is 9.07. The Hall–Kier alpha value is -4.91. The molecule has 182 valence electrons. The van der Waals surface area contributed by atoms with Crippen molar-refractivity contribution in [1.29, 1.82) is 0 Å². The molecule has 0 saturated carbocycles. The van der Waals surface area contributed by atoms with Crippen molar-refractivity contribution < 1.29 is 14.0 Å². The van der Waals surface area contributed by atoms with Gasteiger partial charge in [0.25, 0.3) is 11.8 Å². The van der Waals surface area contributed by atoms with E-state index in [1.54, 1.807) is 23.1 Å². The first kappa shape index (κ1) is 22.5. The number of aromatic amines is 1. The summed E-state index contributed by atoms with van der Waals surface area (Å²) in [5, 5.41) is 4.13. The summed E-state index contributed by atoms with van der Waals surface area (Å²) >= 11 is 0. The summed E-state index contributed by atoms with van der Waals surface area (Å²) < 4.78 is 13.5. The molecule has 1 aromatic heterocycles. The Morgan fingerprint density at radius 3 is 2.46 bits per heavy atom. The number of carbonyl (C=O) groups excluding carboxylic acids is 2. The fraction of sp³-hybridized carbons (Fsp3) is 0.0667. The molecule has 2 amide bonds. The minimum atomic E-state index is -0.543. The molecule has 0 radical (unpaired) electrons. The quantitative estimate of drug-likeness (QED) is 0.285. The molecule has 4 N–H and O–H groups in total. The van der Waals surface area contributed by atoms with Crippen molar-refractivity contribution in [2.45, 2.75) is 6.92 Å². The van der Waals surface area contributed by atoms with Crippen LogP contribution in [0.25, 0.3) is 33.3 Å². The maximum Gasteiger partial charge on any atom is 0.261 e. The van der Waals surface area contributed by atoms with Gasteiger partial charge in [-0.25, -0.2) is 4.39 Å². The number of nitrogens with two attached hydrogens (primary N) is 1. The monoisotopic (exact) mass is 490 g/mol. The van der Waals surface area contributed by atoms with Crippen molar-refractivity contribution in [1.82, 2.24) is 4.98 Å². The number of anilines is 2. The first-order valence-electron chi connectivity index (χ1n) is 11.9. The van der Waals surface area contributed by atoms with Gasteiger partial charge >= 0.3 is 0 Å². The summed E-state index contributed by atoms with van der Waals surface area (Å²) in [4.78, 5) is 30.6. The number of fused-ring (bicyclic) bond motifs is 2. The number of amides is 2. The average Bonchev–Trinajstić information content (AvgIpc) is 3.35. The van der Waals surface area contributed by atoms with E-state index in [0.717, 1.165) is 44.7 Å². The summed E-state index contributed by atoms with van der Waals surface area (Å²) in [6.45, 7) is 2.34. The Kier molecular flexibility index (Phi) is 5.26. The van der Waals surface area contributed by atoms with E-state index in [1.165, 1.54) is 12.1 Å². The SMILES string of the molecule is Cc1c(-c2ccc(C(N)=O)c3[nH]c(-c4ccc(F)cc4)cc23)cccc1N1CNc2ccccc2C1=O. The zero-order chi connectivity index (χ0) is 25.7. The number of hydrogen-bond donors (Lipinski definition) is 3. The van der Waals surface area contributed by atoms with Crippen LogP contribution in [0.15, 0.2) is 84.9 Å². The fourth-order valence-electron chi connectivity index (χ4n) is 5.05. The van der Waals surface area contributed by atoms with E-state index < -0.39 is 5.91 Å². The summed E-state index contributed by atoms with van der Waals surface area (Å²) in [6, 6.07) is 25.0. The number of nitrogens with zero attached hydrogens (tertiary/aromatic N) is 1. The maximum absolute atomic E-state index is 13.5. The Morgan fingerprint density at radius 1 is 0.919 bits per heavy atom. The molecule has 4 aromatic carbocycles. The number of hydrogen-bond acceptors (Lipinski definition) is 3. The topological polar surface area (TPSA) is 91.2 Å². The molecule has 1 aliphatic heterocycles. The molecule has 1 aliphatic rings. The van der Waals surface area contributed by atoms with Crippen molar-refractivity contribution in [3.63, 3.8) is 0 Å². The van der Waals surface area contributed by atoms with Crippen LogP contribution in [0, 0.1) is 12.7 Å². The van der Waals surface area contributed by atoms with Crippen LogP contribution in [0.5, 0.6) is 0 Å². The largest absolute Gasteiger partial charge is 0.367 e. The third-order valence-electron chi connectivity index (χ3n) is 6.93. The molecule has 37 heavy (non-hydrogen) atoms. The van der Waals surface area contributed by atoms with Gasteiger partial charge in [0, 0.05) is 22.5 Å². The van der Waals surface area contributed by atoms with E-state index in [0.29, 0.717) is 23.3 Å². The van der Waals surface area contributed by atoms with Crippen molar-refractivity contribution in [2.75, 3.05) is 16.9 Å². The minimum Gasteiger partial charge on any atom is -0.367 e. The molecule has 0 aliphatic carbocycles. The summed E-state index contributed by atoms with van der Waals surface area (Å²) in [5.41, 5.74) is 13.2. The second kappa shape index (κ2) is 8.64. The number of H-pyrrole nitrogens is 1. The van der Waals surface area contributed by atoms with Gasteiger partial charge in [-0.1, -0.05) is 30.3 Å². The van der Waals surface area contributed by atoms with E-state index in [4.69, 9.17) is 5.73 Å². The molecule has 2 heterocycles. The number of halogens is 1. The lowest BCUT2D eigenvalue weighted by atomic mass is 9.94. The van der Waals surface area contributed by atoms with Gasteiger partial charge in [0.1, 0.15) is 5.82 Å². The highest BCUT2D eigenvalue weighted by Crippen LogP contribution is 2.39. The lowest BCUT2D eigenvalue weighted by Crippen LogP contribution is -2.40. The molecule has 6 rings (SSSR count). The van der Waals surface area contributed by atoms with Crippen LogP contribution >= 0.6 is 0 Å². The van der Waals surface area contributed by atoms with Crippen molar-refractivity contribution in [3.05, 3.63) is 107 Å². The molecule has 7 heteroatoms. The standard InChI is InChI=1S/C30H23FN4O2/c1-17-20(6-4-8-27(17)35-16-33-25-7-3-2-5-22(25)30(35)37)21-13-14-23(29(32)36)28-24(21)15-26(34-28)18-9-11-19(31)12-10-18/h2-15,33-34H,16H2,1H3,(H2,32,36). The Bertz CT molecular complexity index is 1710.